The van der Waals surface area contributed by atoms with E-state index in [0.717, 1.165) is 11.5 Å². The van der Waals surface area contributed by atoms with Crippen molar-refractivity contribution in [3.05, 3.63) is 48.3 Å². The van der Waals surface area contributed by atoms with Gasteiger partial charge in [-0.2, -0.15) is 0 Å². The van der Waals surface area contributed by atoms with Gasteiger partial charge in [0.25, 0.3) is 0 Å². The summed E-state index contributed by atoms with van der Waals surface area (Å²) in [7, 11) is 4.63. The minimum atomic E-state index is -0.834. The summed E-state index contributed by atoms with van der Waals surface area (Å²) in [6.07, 6.45) is -1.60. The SMILES string of the molecule is CC.COc1cc(F)ccc1OC(CO)C(C)O.COc1ccccc1OC. The second kappa shape index (κ2) is 14.5. The lowest BCUT2D eigenvalue weighted by molar-refractivity contribution is 0.0107. The molecule has 0 spiro atoms. The number of methoxy groups -OCH3 is 3. The van der Waals surface area contributed by atoms with Gasteiger partial charge < -0.3 is 29.2 Å². The molecule has 2 aromatic carbocycles. The van der Waals surface area contributed by atoms with E-state index in [9.17, 15) is 9.50 Å². The van der Waals surface area contributed by atoms with E-state index in [2.05, 4.69) is 0 Å². The van der Waals surface area contributed by atoms with Crippen LogP contribution in [-0.4, -0.2) is 50.4 Å². The van der Waals surface area contributed by atoms with Crippen LogP contribution in [0.15, 0.2) is 42.5 Å². The van der Waals surface area contributed by atoms with Gasteiger partial charge in [-0.1, -0.05) is 26.0 Å². The summed E-state index contributed by atoms with van der Waals surface area (Å²) in [5.74, 6) is 1.60. The largest absolute Gasteiger partial charge is 0.493 e. The van der Waals surface area contributed by atoms with Gasteiger partial charge in [0.1, 0.15) is 11.9 Å². The van der Waals surface area contributed by atoms with Crippen molar-refractivity contribution in [2.75, 3.05) is 27.9 Å². The fraction of sp³-hybridized carbons (Fsp3) is 0.429. The van der Waals surface area contributed by atoms with Crippen molar-refractivity contribution in [1.29, 1.82) is 0 Å². The first-order valence-corrected chi connectivity index (χ1v) is 8.92. The van der Waals surface area contributed by atoms with Crippen LogP contribution in [0.4, 0.5) is 4.39 Å². The van der Waals surface area contributed by atoms with E-state index in [-0.39, 0.29) is 18.1 Å². The first kappa shape index (κ1) is 25.5. The van der Waals surface area contributed by atoms with Crippen LogP contribution in [0.5, 0.6) is 23.0 Å². The third kappa shape index (κ3) is 8.45. The van der Waals surface area contributed by atoms with E-state index in [1.165, 1.54) is 32.2 Å². The van der Waals surface area contributed by atoms with Crippen molar-refractivity contribution in [1.82, 2.24) is 0 Å². The Kier molecular flexibility index (Phi) is 13.2. The zero-order chi connectivity index (χ0) is 21.5. The van der Waals surface area contributed by atoms with Crippen LogP contribution < -0.4 is 18.9 Å². The average Bonchev–Trinajstić information content (AvgIpc) is 2.74. The number of ether oxygens (including phenoxy) is 4. The maximum Gasteiger partial charge on any atom is 0.163 e. The zero-order valence-corrected chi connectivity index (χ0v) is 17.3. The molecular weight excluding hydrogens is 367 g/mol. The van der Waals surface area contributed by atoms with Crippen molar-refractivity contribution >= 4 is 0 Å². The number of aliphatic hydroxyl groups is 2. The lowest BCUT2D eigenvalue weighted by Crippen LogP contribution is -2.32. The van der Waals surface area contributed by atoms with Crippen molar-refractivity contribution in [2.45, 2.75) is 33.0 Å². The van der Waals surface area contributed by atoms with Gasteiger partial charge in [-0.3, -0.25) is 0 Å². The normalized spacial score (nSPS) is 11.6. The maximum absolute atomic E-state index is 12.9. The van der Waals surface area contributed by atoms with Crippen LogP contribution in [-0.2, 0) is 0 Å². The van der Waals surface area contributed by atoms with Crippen LogP contribution in [0.3, 0.4) is 0 Å². The number of para-hydroxylation sites is 2. The van der Waals surface area contributed by atoms with Gasteiger partial charge in [0.15, 0.2) is 23.0 Å². The Morgan fingerprint density at radius 1 is 0.857 bits per heavy atom. The molecule has 7 heteroatoms. The summed E-state index contributed by atoms with van der Waals surface area (Å²) in [6.45, 7) is 5.16. The van der Waals surface area contributed by atoms with Gasteiger partial charge in [0, 0.05) is 6.07 Å². The number of hydrogen-bond acceptors (Lipinski definition) is 6. The Hall–Kier alpha value is -2.51. The molecule has 6 nitrogen and oxygen atoms in total. The first-order chi connectivity index (χ1) is 13.5. The maximum atomic E-state index is 12.9. The summed E-state index contributed by atoms with van der Waals surface area (Å²) in [4.78, 5) is 0. The predicted molar refractivity (Wildman–Crippen MR) is 107 cm³/mol. The summed E-state index contributed by atoms with van der Waals surface area (Å²) in [5.41, 5.74) is 0. The molecular formula is C21H31FO6. The molecule has 28 heavy (non-hydrogen) atoms. The highest BCUT2D eigenvalue weighted by Crippen LogP contribution is 2.28. The molecule has 0 aliphatic heterocycles. The summed E-state index contributed by atoms with van der Waals surface area (Å²) >= 11 is 0. The van der Waals surface area contributed by atoms with E-state index in [0.29, 0.717) is 0 Å². The molecule has 0 saturated heterocycles. The minimum Gasteiger partial charge on any atom is -0.493 e. The standard InChI is InChI=1S/C11H15FO4.C8H10O2.C2H6/c1-7(14)11(6-13)16-9-4-3-8(12)5-10(9)15-2;1-9-7-5-3-4-6-8(7)10-2;1-2/h3-5,7,11,13-14H,6H2,1-2H3;3-6H,1-2H3;1-2H3. The Labute approximate surface area is 166 Å². The van der Waals surface area contributed by atoms with Crippen LogP contribution in [0, 0.1) is 5.82 Å². The highest BCUT2D eigenvalue weighted by atomic mass is 19.1. The van der Waals surface area contributed by atoms with E-state index < -0.39 is 18.0 Å². The smallest absolute Gasteiger partial charge is 0.163 e. The molecule has 2 N–H and O–H groups in total. The van der Waals surface area contributed by atoms with E-state index in [1.54, 1.807) is 14.2 Å². The van der Waals surface area contributed by atoms with Gasteiger partial charge in [0.05, 0.1) is 34.0 Å². The molecule has 2 rings (SSSR count). The highest BCUT2D eigenvalue weighted by Gasteiger charge is 2.18. The molecule has 0 amide bonds. The highest BCUT2D eigenvalue weighted by molar-refractivity contribution is 5.40. The first-order valence-electron chi connectivity index (χ1n) is 8.92. The fourth-order valence-corrected chi connectivity index (χ4v) is 1.98. The lowest BCUT2D eigenvalue weighted by atomic mass is 10.2. The van der Waals surface area contributed by atoms with E-state index in [1.807, 2.05) is 38.1 Å². The number of halogens is 1. The van der Waals surface area contributed by atoms with Crippen molar-refractivity contribution in [3.63, 3.8) is 0 Å². The van der Waals surface area contributed by atoms with Gasteiger partial charge in [0.2, 0.25) is 0 Å². The molecule has 158 valence electrons. The number of rotatable bonds is 7. The number of aliphatic hydroxyl groups excluding tert-OH is 2. The Morgan fingerprint density at radius 3 is 1.75 bits per heavy atom. The molecule has 2 atom stereocenters. The van der Waals surface area contributed by atoms with Crippen molar-refractivity contribution in [2.24, 2.45) is 0 Å². The van der Waals surface area contributed by atoms with Crippen LogP contribution in [0.25, 0.3) is 0 Å². The topological polar surface area (TPSA) is 77.4 Å². The minimum absolute atomic E-state index is 0.221. The zero-order valence-electron chi connectivity index (χ0n) is 17.3. The second-order valence-electron chi connectivity index (χ2n) is 5.23. The van der Waals surface area contributed by atoms with Gasteiger partial charge >= 0.3 is 0 Å². The summed E-state index contributed by atoms with van der Waals surface area (Å²) in [5, 5.41) is 18.3. The lowest BCUT2D eigenvalue weighted by Gasteiger charge is -2.20. The van der Waals surface area contributed by atoms with Crippen LogP contribution in [0.1, 0.15) is 20.8 Å². The molecule has 2 aromatic rings. The Morgan fingerprint density at radius 2 is 1.36 bits per heavy atom. The summed E-state index contributed by atoms with van der Waals surface area (Å²) in [6, 6.07) is 11.3. The molecule has 2 unspecified atom stereocenters. The third-order valence-electron chi connectivity index (χ3n) is 3.41. The number of benzene rings is 2. The fourth-order valence-electron chi connectivity index (χ4n) is 1.98. The Bertz CT molecular complexity index is 640. The molecule has 0 heterocycles. The second-order valence-corrected chi connectivity index (χ2v) is 5.23. The molecule has 0 saturated carbocycles. The molecule has 0 aliphatic rings. The van der Waals surface area contributed by atoms with Gasteiger partial charge in [-0.05, 0) is 31.2 Å². The number of hydrogen-bond donors (Lipinski definition) is 2. The molecule has 0 bridgehead atoms. The molecule has 0 aromatic heterocycles. The molecule has 0 fully saturated rings. The Balaban J connectivity index is 0.000000520. The van der Waals surface area contributed by atoms with E-state index >= 15 is 0 Å². The monoisotopic (exact) mass is 398 g/mol. The predicted octanol–water partition coefficient (Wildman–Crippen LogP) is 3.68. The van der Waals surface area contributed by atoms with E-state index in [4.69, 9.17) is 24.1 Å². The summed E-state index contributed by atoms with van der Waals surface area (Å²) < 4.78 is 33.1. The van der Waals surface area contributed by atoms with Crippen LogP contribution in [0.2, 0.25) is 0 Å². The third-order valence-corrected chi connectivity index (χ3v) is 3.41. The van der Waals surface area contributed by atoms with Crippen molar-refractivity contribution in [3.8, 4) is 23.0 Å². The average molecular weight is 398 g/mol. The van der Waals surface area contributed by atoms with Gasteiger partial charge in [-0.25, -0.2) is 4.39 Å². The molecule has 0 radical (unpaired) electrons. The quantitative estimate of drug-likeness (QED) is 0.741. The van der Waals surface area contributed by atoms with Crippen molar-refractivity contribution < 1.29 is 33.6 Å². The van der Waals surface area contributed by atoms with Crippen LogP contribution >= 0.6 is 0 Å². The van der Waals surface area contributed by atoms with Gasteiger partial charge in [-0.15, -0.1) is 0 Å². The molecule has 0 aliphatic carbocycles.